The molecule has 1 amide bonds. The van der Waals surface area contributed by atoms with Gasteiger partial charge in [0.25, 0.3) is 5.91 Å². The summed E-state index contributed by atoms with van der Waals surface area (Å²) < 4.78 is 37.3. The molecular formula is C25H35FN2O5S. The summed E-state index contributed by atoms with van der Waals surface area (Å²) in [4.78, 5) is 15.5. The lowest BCUT2D eigenvalue weighted by Crippen LogP contribution is -2.56. The van der Waals surface area contributed by atoms with Gasteiger partial charge in [0.05, 0.1) is 24.0 Å². The number of rotatable bonds is 11. The second-order valence-electron chi connectivity index (χ2n) is 8.77. The monoisotopic (exact) mass is 494 g/mol. The molecule has 0 bridgehead atoms. The van der Waals surface area contributed by atoms with Crippen molar-refractivity contribution in [3.05, 3.63) is 47.8 Å². The summed E-state index contributed by atoms with van der Waals surface area (Å²) in [5.41, 5.74) is 3.17. The molecule has 2 N–H and O–H groups in total. The fourth-order valence-corrected chi connectivity index (χ4v) is 5.87. The molecule has 2 aliphatic rings. The van der Waals surface area contributed by atoms with E-state index in [-0.39, 0.29) is 0 Å². The number of nitrogens with one attached hydrogen (secondary N) is 1. The molecule has 0 aromatic heterocycles. The lowest BCUT2D eigenvalue weighted by Gasteiger charge is -2.39. The Hall–Kier alpha value is -1.91. The van der Waals surface area contributed by atoms with Gasteiger partial charge in [0, 0.05) is 31.1 Å². The molecule has 1 aliphatic carbocycles. The number of nitrogens with zero attached hydrogens (tertiary/aromatic N) is 1. The molecule has 34 heavy (non-hydrogen) atoms. The third kappa shape index (κ3) is 6.20. The predicted octanol–water partition coefficient (Wildman–Crippen LogP) is 3.60. The van der Waals surface area contributed by atoms with Gasteiger partial charge in [0.2, 0.25) is 0 Å². The van der Waals surface area contributed by atoms with Crippen molar-refractivity contribution in [3.8, 4) is 0 Å². The van der Waals surface area contributed by atoms with Crippen molar-refractivity contribution < 1.29 is 28.1 Å². The van der Waals surface area contributed by atoms with E-state index >= 15 is 0 Å². The van der Waals surface area contributed by atoms with Gasteiger partial charge in [0.15, 0.2) is 0 Å². The van der Waals surface area contributed by atoms with E-state index in [2.05, 4.69) is 4.90 Å². The molecule has 188 valence electrons. The zero-order valence-electron chi connectivity index (χ0n) is 20.1. The van der Waals surface area contributed by atoms with Crippen molar-refractivity contribution >= 4 is 22.3 Å². The van der Waals surface area contributed by atoms with Crippen molar-refractivity contribution in [1.82, 2.24) is 10.4 Å². The summed E-state index contributed by atoms with van der Waals surface area (Å²) in [6.45, 7) is 5.50. The summed E-state index contributed by atoms with van der Waals surface area (Å²) in [5, 5.41) is 9.37. The summed E-state index contributed by atoms with van der Waals surface area (Å²) in [7, 11) is -0.0925. The third-order valence-corrected chi connectivity index (χ3v) is 8.59. The lowest BCUT2D eigenvalue weighted by atomic mass is 9.94. The standard InChI is InChI=1S/C25H35FN2O5S/c1-4-19(17-23(26)18(2)33-16-15-32-3)20-5-9-22(10-6-20)34(31)25(24(29)27-30)11-13-28(14-12-25)21-7-8-21/h4-6,9-10,17-18,21,30H,7-8,11-16H2,1-3H3,(H,27,29)/b19-4+,23-17+. The number of carbonyl (C=O) groups is 1. The molecule has 7 nitrogen and oxygen atoms in total. The van der Waals surface area contributed by atoms with Crippen molar-refractivity contribution in [1.29, 1.82) is 0 Å². The molecular weight excluding hydrogens is 459 g/mol. The van der Waals surface area contributed by atoms with Crippen LogP contribution in [0.3, 0.4) is 0 Å². The van der Waals surface area contributed by atoms with E-state index in [1.165, 1.54) is 18.9 Å². The van der Waals surface area contributed by atoms with Crippen LogP contribution in [0.15, 0.2) is 47.1 Å². The van der Waals surface area contributed by atoms with Crippen LogP contribution in [0.4, 0.5) is 4.39 Å². The highest BCUT2D eigenvalue weighted by atomic mass is 32.2. The number of amides is 1. The number of piperidine rings is 1. The number of hydroxylamine groups is 1. The average Bonchev–Trinajstić information content (AvgIpc) is 3.72. The van der Waals surface area contributed by atoms with E-state index in [0.29, 0.717) is 55.7 Å². The Morgan fingerprint density at radius 2 is 1.94 bits per heavy atom. The van der Waals surface area contributed by atoms with E-state index in [0.717, 1.165) is 5.56 Å². The van der Waals surface area contributed by atoms with Gasteiger partial charge in [-0.15, -0.1) is 0 Å². The molecule has 9 heteroatoms. The maximum Gasteiger partial charge on any atom is 0.262 e. The second-order valence-corrected chi connectivity index (χ2v) is 10.6. The number of hydrogen-bond donors (Lipinski definition) is 2. The number of allylic oxidation sites excluding steroid dienone is 3. The van der Waals surface area contributed by atoms with E-state index in [1.54, 1.807) is 49.9 Å². The van der Waals surface area contributed by atoms with E-state index in [1.807, 2.05) is 6.92 Å². The Kier molecular flexibility index (Phi) is 9.56. The number of ether oxygens (including phenoxy) is 2. The Labute approximate surface area is 203 Å². The first-order valence-electron chi connectivity index (χ1n) is 11.7. The fraction of sp³-hybridized carbons (Fsp3) is 0.560. The quantitative estimate of drug-likeness (QED) is 0.212. The minimum atomic E-state index is -1.65. The lowest BCUT2D eigenvalue weighted by molar-refractivity contribution is -0.133. The second kappa shape index (κ2) is 12.2. The predicted molar refractivity (Wildman–Crippen MR) is 129 cm³/mol. The number of carbonyl (C=O) groups excluding carboxylic acids is 1. The van der Waals surface area contributed by atoms with Crippen LogP contribution in [0.5, 0.6) is 0 Å². The molecule has 3 rings (SSSR count). The average molecular weight is 495 g/mol. The highest BCUT2D eigenvalue weighted by Gasteiger charge is 2.49. The van der Waals surface area contributed by atoms with Gasteiger partial charge in [0.1, 0.15) is 16.7 Å². The van der Waals surface area contributed by atoms with Crippen LogP contribution >= 0.6 is 0 Å². The maximum absolute atomic E-state index is 14.6. The van der Waals surface area contributed by atoms with Gasteiger partial charge in [-0.25, -0.2) is 9.87 Å². The Morgan fingerprint density at radius 3 is 2.47 bits per heavy atom. The van der Waals surface area contributed by atoms with Crippen LogP contribution in [-0.4, -0.2) is 70.5 Å². The molecule has 1 aromatic rings. The maximum atomic E-state index is 14.6. The molecule has 0 radical (unpaired) electrons. The van der Waals surface area contributed by atoms with E-state index in [4.69, 9.17) is 9.47 Å². The number of benzene rings is 1. The summed E-state index contributed by atoms with van der Waals surface area (Å²) in [5.74, 6) is -1.01. The Morgan fingerprint density at radius 1 is 1.29 bits per heavy atom. The Bertz CT molecular complexity index is 922. The SMILES string of the molecule is C/C=C(\C=C(\F)C(C)OCCOC)c1ccc(S(=O)C2(C(=O)NO)CCN(C3CC3)CC2)cc1. The first kappa shape index (κ1) is 26.7. The summed E-state index contributed by atoms with van der Waals surface area (Å²) in [6, 6.07) is 7.53. The van der Waals surface area contributed by atoms with Gasteiger partial charge in [-0.1, -0.05) is 18.2 Å². The Balaban J connectivity index is 1.74. The van der Waals surface area contributed by atoms with Crippen LogP contribution in [0.1, 0.15) is 45.1 Å². The number of halogens is 1. The number of methoxy groups -OCH3 is 1. The number of hydrogen-bond acceptors (Lipinski definition) is 6. The van der Waals surface area contributed by atoms with Gasteiger partial charge in [-0.2, -0.15) is 0 Å². The molecule has 0 spiro atoms. The summed E-state index contributed by atoms with van der Waals surface area (Å²) >= 11 is 0. The third-order valence-electron chi connectivity index (χ3n) is 6.59. The minimum absolute atomic E-state index is 0.298. The molecule has 1 aliphatic heterocycles. The highest BCUT2D eigenvalue weighted by molar-refractivity contribution is 7.87. The van der Waals surface area contributed by atoms with Crippen molar-refractivity contribution in [2.24, 2.45) is 0 Å². The van der Waals surface area contributed by atoms with E-state index in [9.17, 15) is 18.6 Å². The van der Waals surface area contributed by atoms with Crippen LogP contribution in [-0.2, 0) is 25.1 Å². The van der Waals surface area contributed by atoms with Crippen LogP contribution < -0.4 is 5.48 Å². The van der Waals surface area contributed by atoms with Crippen LogP contribution in [0, 0.1) is 0 Å². The van der Waals surface area contributed by atoms with Crippen molar-refractivity contribution in [3.63, 3.8) is 0 Å². The zero-order chi connectivity index (χ0) is 24.7. The highest BCUT2D eigenvalue weighted by Crippen LogP contribution is 2.37. The fourth-order valence-electron chi connectivity index (χ4n) is 4.27. The first-order valence-corrected chi connectivity index (χ1v) is 12.9. The molecule has 2 unspecified atom stereocenters. The molecule has 1 saturated heterocycles. The minimum Gasteiger partial charge on any atom is -0.382 e. The number of likely N-dealkylation sites (tertiary alicyclic amines) is 1. The van der Waals surface area contributed by atoms with E-state index < -0.39 is 33.4 Å². The first-order chi connectivity index (χ1) is 16.4. The van der Waals surface area contributed by atoms with Gasteiger partial charge < -0.3 is 14.4 Å². The molecule has 1 aromatic carbocycles. The van der Waals surface area contributed by atoms with Crippen molar-refractivity contribution in [2.45, 2.75) is 61.3 Å². The van der Waals surface area contributed by atoms with Crippen LogP contribution in [0.2, 0.25) is 0 Å². The smallest absolute Gasteiger partial charge is 0.262 e. The zero-order valence-corrected chi connectivity index (χ0v) is 20.9. The molecule has 1 saturated carbocycles. The van der Waals surface area contributed by atoms with Gasteiger partial charge >= 0.3 is 0 Å². The van der Waals surface area contributed by atoms with Gasteiger partial charge in [-0.3, -0.25) is 14.2 Å². The van der Waals surface area contributed by atoms with Crippen LogP contribution in [0.25, 0.3) is 5.57 Å². The topological polar surface area (TPSA) is 88.1 Å². The van der Waals surface area contributed by atoms with Crippen molar-refractivity contribution in [2.75, 3.05) is 33.4 Å². The largest absolute Gasteiger partial charge is 0.382 e. The molecule has 2 fully saturated rings. The normalized spacial score (nSPS) is 21.2. The molecule has 2 atom stereocenters. The summed E-state index contributed by atoms with van der Waals surface area (Å²) in [6.07, 6.45) is 5.70. The molecule has 1 heterocycles. The van der Waals surface area contributed by atoms with Gasteiger partial charge in [-0.05, 0) is 68.9 Å².